The van der Waals surface area contributed by atoms with Gasteiger partial charge in [-0.25, -0.2) is 0 Å². The lowest BCUT2D eigenvalue weighted by Gasteiger charge is -2.37. The van der Waals surface area contributed by atoms with Gasteiger partial charge in [0.1, 0.15) is 0 Å². The summed E-state index contributed by atoms with van der Waals surface area (Å²) in [5.41, 5.74) is 8.99. The average Bonchev–Trinajstić information content (AvgIpc) is 3.28. The number of nitrogens with zero attached hydrogens (tertiary/aromatic N) is 1. The molecule has 0 radical (unpaired) electrons. The number of amides is 1. The number of hydrogen-bond acceptors (Lipinski definition) is 3. The molecule has 2 aliphatic rings. The van der Waals surface area contributed by atoms with Crippen LogP contribution in [0.4, 0.5) is 0 Å². The van der Waals surface area contributed by atoms with Crippen LogP contribution in [0.5, 0.6) is 0 Å². The van der Waals surface area contributed by atoms with Gasteiger partial charge in [0, 0.05) is 18.4 Å². The summed E-state index contributed by atoms with van der Waals surface area (Å²) in [5, 5.41) is 0. The van der Waals surface area contributed by atoms with Crippen LogP contribution in [0.15, 0.2) is 66.7 Å². The Morgan fingerprint density at radius 1 is 0.912 bits per heavy atom. The van der Waals surface area contributed by atoms with E-state index in [1.807, 2.05) is 0 Å². The molecule has 1 aliphatic carbocycles. The van der Waals surface area contributed by atoms with Gasteiger partial charge in [-0.15, -0.1) is 0 Å². The maximum absolute atomic E-state index is 10.9. The number of ether oxygens (including phenoxy) is 1. The van der Waals surface area contributed by atoms with Crippen LogP contribution in [-0.2, 0) is 16.1 Å². The highest BCUT2D eigenvalue weighted by Crippen LogP contribution is 2.37. The van der Waals surface area contributed by atoms with Crippen molar-refractivity contribution in [1.82, 2.24) is 4.90 Å². The van der Waals surface area contributed by atoms with Crippen LogP contribution in [0.25, 0.3) is 11.1 Å². The van der Waals surface area contributed by atoms with Crippen LogP contribution in [0.2, 0.25) is 0 Å². The first kappa shape index (κ1) is 24.7. The summed E-state index contributed by atoms with van der Waals surface area (Å²) in [5.74, 6) is 0.346. The van der Waals surface area contributed by atoms with E-state index in [0.29, 0.717) is 31.1 Å². The van der Waals surface area contributed by atoms with Crippen molar-refractivity contribution in [3.05, 3.63) is 72.3 Å². The summed E-state index contributed by atoms with van der Waals surface area (Å²) in [4.78, 5) is 13.7. The van der Waals surface area contributed by atoms with Crippen LogP contribution < -0.4 is 5.73 Å². The molecule has 4 heteroatoms. The minimum absolute atomic E-state index is 0.226. The molecule has 0 spiro atoms. The fraction of sp³-hybridized carbons (Fsp3) is 0.500. The topological polar surface area (TPSA) is 55.6 Å². The van der Waals surface area contributed by atoms with Gasteiger partial charge < -0.3 is 15.4 Å². The number of nitrogens with two attached hydrogens (primary N) is 1. The summed E-state index contributed by atoms with van der Waals surface area (Å²) >= 11 is 0. The standard InChI is InChI=1S/C30H40N2O2/c31-30(33)14-8-2-1-7-13-27-28(32-21-9-4-10-22-32)19-20-29(27)34-23-24-15-17-26(18-16-24)25-11-5-3-6-12-25/h1-3,5-6,11-12,15-18,27-29H,4,7-10,13-14,19-23H2,(H2,31,33)/t27-,28+,29+/m1/s1. The minimum atomic E-state index is -0.226. The zero-order valence-electron chi connectivity index (χ0n) is 20.4. The molecule has 4 nitrogen and oxygen atoms in total. The summed E-state index contributed by atoms with van der Waals surface area (Å²) in [7, 11) is 0. The van der Waals surface area contributed by atoms with Crippen molar-refractivity contribution >= 4 is 5.91 Å². The summed E-state index contributed by atoms with van der Waals surface area (Å²) < 4.78 is 6.57. The Balaban J connectivity index is 1.34. The van der Waals surface area contributed by atoms with Gasteiger partial charge in [-0.3, -0.25) is 4.79 Å². The Labute approximate surface area is 205 Å². The average molecular weight is 461 g/mol. The van der Waals surface area contributed by atoms with Gasteiger partial charge in [0.05, 0.1) is 12.7 Å². The maximum atomic E-state index is 10.9. The molecule has 1 amide bonds. The quantitative estimate of drug-likeness (QED) is 0.412. The predicted octanol–water partition coefficient (Wildman–Crippen LogP) is 6.11. The van der Waals surface area contributed by atoms with Crippen LogP contribution in [0, 0.1) is 5.92 Å². The van der Waals surface area contributed by atoms with E-state index in [4.69, 9.17) is 10.5 Å². The second-order valence-electron chi connectivity index (χ2n) is 9.87. The highest BCUT2D eigenvalue weighted by molar-refractivity contribution is 5.73. The highest BCUT2D eigenvalue weighted by atomic mass is 16.5. The van der Waals surface area contributed by atoms with E-state index in [-0.39, 0.29) is 5.91 Å². The highest BCUT2D eigenvalue weighted by Gasteiger charge is 2.39. The summed E-state index contributed by atoms with van der Waals surface area (Å²) in [6.45, 7) is 3.16. The van der Waals surface area contributed by atoms with Crippen molar-refractivity contribution < 1.29 is 9.53 Å². The normalized spacial score (nSPS) is 23.5. The molecule has 1 heterocycles. The fourth-order valence-corrected chi connectivity index (χ4v) is 5.68. The number of hydrogen-bond donors (Lipinski definition) is 1. The molecule has 2 fully saturated rings. The van der Waals surface area contributed by atoms with Gasteiger partial charge in [-0.1, -0.05) is 73.2 Å². The molecule has 2 aromatic rings. The monoisotopic (exact) mass is 460 g/mol. The van der Waals surface area contributed by atoms with E-state index in [0.717, 1.165) is 25.7 Å². The van der Waals surface area contributed by atoms with Crippen LogP contribution in [0.1, 0.15) is 63.4 Å². The van der Waals surface area contributed by atoms with E-state index in [1.165, 1.54) is 55.5 Å². The Bertz CT molecular complexity index is 903. The molecule has 2 aromatic carbocycles. The molecule has 1 aliphatic heterocycles. The maximum Gasteiger partial charge on any atom is 0.217 e. The van der Waals surface area contributed by atoms with Crippen molar-refractivity contribution in [3.8, 4) is 11.1 Å². The first-order valence-electron chi connectivity index (χ1n) is 13.1. The van der Waals surface area contributed by atoms with Gasteiger partial charge in [-0.05, 0) is 74.7 Å². The van der Waals surface area contributed by atoms with Gasteiger partial charge in [0.2, 0.25) is 5.91 Å². The van der Waals surface area contributed by atoms with Crippen molar-refractivity contribution in [2.75, 3.05) is 13.1 Å². The van der Waals surface area contributed by atoms with Gasteiger partial charge in [-0.2, -0.15) is 0 Å². The largest absolute Gasteiger partial charge is 0.373 e. The van der Waals surface area contributed by atoms with Gasteiger partial charge >= 0.3 is 0 Å². The van der Waals surface area contributed by atoms with Crippen LogP contribution in [-0.4, -0.2) is 36.0 Å². The molecular weight excluding hydrogens is 420 g/mol. The Hall–Kier alpha value is -2.43. The zero-order chi connectivity index (χ0) is 23.6. The number of benzene rings is 2. The van der Waals surface area contributed by atoms with Crippen molar-refractivity contribution in [1.29, 1.82) is 0 Å². The zero-order valence-corrected chi connectivity index (χ0v) is 20.4. The summed E-state index contributed by atoms with van der Waals surface area (Å²) in [6.07, 6.45) is 14.5. The lowest BCUT2D eigenvalue weighted by molar-refractivity contribution is -0.117. The summed E-state index contributed by atoms with van der Waals surface area (Å²) in [6, 6.07) is 20.0. The SMILES string of the molecule is NC(=O)CCC=CCC[C@H]1[C@@H](OCc2ccc(-c3ccccc3)cc2)CC[C@@H]1N1CCCCC1. The lowest BCUT2D eigenvalue weighted by atomic mass is 9.93. The number of allylic oxidation sites excluding steroid dienone is 2. The first-order chi connectivity index (χ1) is 16.7. The molecule has 0 unspecified atom stereocenters. The number of carbonyl (C=O) groups excluding carboxylic acids is 1. The molecule has 1 saturated heterocycles. The van der Waals surface area contributed by atoms with Gasteiger partial charge in [0.15, 0.2) is 0 Å². The third kappa shape index (κ3) is 7.04. The predicted molar refractivity (Wildman–Crippen MR) is 139 cm³/mol. The Morgan fingerprint density at radius 3 is 2.35 bits per heavy atom. The van der Waals surface area contributed by atoms with Crippen LogP contribution in [0.3, 0.4) is 0 Å². The second kappa shape index (κ2) is 12.9. The van der Waals surface area contributed by atoms with Crippen molar-refractivity contribution in [3.63, 3.8) is 0 Å². The van der Waals surface area contributed by atoms with Gasteiger partial charge in [0.25, 0.3) is 0 Å². The van der Waals surface area contributed by atoms with E-state index in [2.05, 4.69) is 71.6 Å². The number of piperidine rings is 1. The van der Waals surface area contributed by atoms with E-state index >= 15 is 0 Å². The number of carbonyl (C=O) groups is 1. The van der Waals surface area contributed by atoms with Crippen molar-refractivity contribution in [2.24, 2.45) is 11.7 Å². The molecule has 34 heavy (non-hydrogen) atoms. The Morgan fingerprint density at radius 2 is 1.62 bits per heavy atom. The third-order valence-electron chi connectivity index (χ3n) is 7.49. The number of likely N-dealkylation sites (tertiary alicyclic amines) is 1. The van der Waals surface area contributed by atoms with E-state index in [9.17, 15) is 4.79 Å². The molecule has 0 aromatic heterocycles. The molecule has 3 atom stereocenters. The molecule has 0 bridgehead atoms. The molecule has 4 rings (SSSR count). The van der Waals surface area contributed by atoms with Crippen molar-refractivity contribution in [2.45, 2.75) is 76.5 Å². The molecule has 1 saturated carbocycles. The third-order valence-corrected chi connectivity index (χ3v) is 7.49. The van der Waals surface area contributed by atoms with E-state index in [1.54, 1.807) is 0 Å². The number of rotatable bonds is 11. The fourth-order valence-electron chi connectivity index (χ4n) is 5.68. The second-order valence-corrected chi connectivity index (χ2v) is 9.87. The number of primary amides is 1. The minimum Gasteiger partial charge on any atom is -0.373 e. The molecule has 182 valence electrons. The Kier molecular flexibility index (Phi) is 9.35. The molecular formula is C30H40N2O2. The smallest absolute Gasteiger partial charge is 0.217 e. The molecule has 2 N–H and O–H groups in total. The van der Waals surface area contributed by atoms with E-state index < -0.39 is 0 Å². The first-order valence-corrected chi connectivity index (χ1v) is 13.1. The lowest BCUT2D eigenvalue weighted by Crippen LogP contribution is -2.43. The van der Waals surface area contributed by atoms with Crippen LogP contribution >= 0.6 is 0 Å².